The average molecular weight is 357 g/mol. The normalized spacial score (nSPS) is 14.8. The number of rotatable bonds is 2. The number of aromatic nitrogens is 3. The van der Waals surface area contributed by atoms with Gasteiger partial charge in [0, 0.05) is 54.5 Å². The molecule has 0 amide bonds. The SMILES string of the molecule is Cc1cccc2cc(CN3CCc4[nH]c(=S)ncc4C3)c(Cl)nc12. The summed E-state index contributed by atoms with van der Waals surface area (Å²) < 4.78 is 0.555. The lowest BCUT2D eigenvalue weighted by molar-refractivity contribution is 0.242. The molecule has 1 N–H and O–H groups in total. The number of hydrogen-bond acceptors (Lipinski definition) is 4. The summed E-state index contributed by atoms with van der Waals surface area (Å²) in [6, 6.07) is 8.36. The molecule has 24 heavy (non-hydrogen) atoms. The second-order valence-corrected chi connectivity index (χ2v) is 6.98. The number of hydrogen-bond donors (Lipinski definition) is 1. The molecule has 2 aromatic heterocycles. The van der Waals surface area contributed by atoms with Gasteiger partial charge in [0.1, 0.15) is 5.15 Å². The van der Waals surface area contributed by atoms with Gasteiger partial charge in [0.15, 0.2) is 4.77 Å². The van der Waals surface area contributed by atoms with Crippen molar-refractivity contribution in [1.29, 1.82) is 0 Å². The van der Waals surface area contributed by atoms with Gasteiger partial charge in [-0.05, 0) is 30.8 Å². The Morgan fingerprint density at radius 3 is 3.12 bits per heavy atom. The molecule has 0 atom stereocenters. The number of para-hydroxylation sites is 1. The van der Waals surface area contributed by atoms with Crippen LogP contribution in [0, 0.1) is 11.7 Å². The topological polar surface area (TPSA) is 44.8 Å². The van der Waals surface area contributed by atoms with E-state index in [4.69, 9.17) is 23.8 Å². The molecule has 0 aliphatic carbocycles. The van der Waals surface area contributed by atoms with Gasteiger partial charge in [-0.3, -0.25) is 4.90 Å². The van der Waals surface area contributed by atoms with E-state index in [1.165, 1.54) is 11.3 Å². The molecule has 0 saturated heterocycles. The van der Waals surface area contributed by atoms with Gasteiger partial charge < -0.3 is 4.98 Å². The maximum atomic E-state index is 6.45. The molecular weight excluding hydrogens is 340 g/mol. The zero-order chi connectivity index (χ0) is 16.7. The maximum absolute atomic E-state index is 6.45. The molecule has 1 aromatic carbocycles. The first-order valence-corrected chi connectivity index (χ1v) is 8.73. The zero-order valence-corrected chi connectivity index (χ0v) is 14.9. The third-order valence-electron chi connectivity index (χ3n) is 4.52. The number of halogens is 1. The summed E-state index contributed by atoms with van der Waals surface area (Å²) in [5.74, 6) is 0. The van der Waals surface area contributed by atoms with E-state index in [0.717, 1.165) is 48.1 Å². The predicted octanol–water partition coefficient (Wildman–Crippen LogP) is 4.21. The first kappa shape index (κ1) is 15.7. The van der Waals surface area contributed by atoms with Gasteiger partial charge in [-0.1, -0.05) is 29.8 Å². The molecule has 0 unspecified atom stereocenters. The van der Waals surface area contributed by atoms with Gasteiger partial charge in [0.2, 0.25) is 0 Å². The summed E-state index contributed by atoms with van der Waals surface area (Å²) in [4.78, 5) is 14.4. The van der Waals surface area contributed by atoms with Gasteiger partial charge in [0.05, 0.1) is 5.52 Å². The van der Waals surface area contributed by atoms with Gasteiger partial charge in [-0.2, -0.15) is 0 Å². The van der Waals surface area contributed by atoms with Crippen LogP contribution in [0.25, 0.3) is 10.9 Å². The van der Waals surface area contributed by atoms with Crippen molar-refractivity contribution in [1.82, 2.24) is 19.9 Å². The number of fused-ring (bicyclic) bond motifs is 2. The fraction of sp³-hybridized carbons (Fsp3) is 0.278. The van der Waals surface area contributed by atoms with Crippen LogP contribution in [0.15, 0.2) is 30.5 Å². The Bertz CT molecular complexity index is 982. The molecule has 1 aliphatic rings. The Morgan fingerprint density at radius 1 is 1.38 bits per heavy atom. The summed E-state index contributed by atoms with van der Waals surface area (Å²) in [5, 5.41) is 1.73. The molecule has 0 bridgehead atoms. The standard InChI is InChI=1S/C18H17ClN4S/c1-11-3-2-4-12-7-13(17(19)22-16(11)12)9-23-6-5-15-14(10-23)8-20-18(24)21-15/h2-4,7-8H,5-6,9-10H2,1H3,(H,20,21,24). The molecule has 4 nitrogen and oxygen atoms in total. The number of H-pyrrole nitrogens is 1. The minimum Gasteiger partial charge on any atom is -0.334 e. The minimum atomic E-state index is 0.555. The zero-order valence-electron chi connectivity index (χ0n) is 13.3. The molecule has 0 radical (unpaired) electrons. The molecule has 3 heterocycles. The molecule has 4 rings (SSSR count). The number of nitrogens with zero attached hydrogens (tertiary/aromatic N) is 3. The van der Waals surface area contributed by atoms with E-state index in [1.54, 1.807) is 0 Å². The first-order valence-electron chi connectivity index (χ1n) is 7.94. The molecule has 3 aromatic rings. The van der Waals surface area contributed by atoms with E-state index in [2.05, 4.69) is 51.0 Å². The Hall–Kier alpha value is -1.82. The fourth-order valence-electron chi connectivity index (χ4n) is 3.26. The molecule has 122 valence electrons. The quantitative estimate of drug-likeness (QED) is 0.552. The highest BCUT2D eigenvalue weighted by Crippen LogP contribution is 2.25. The van der Waals surface area contributed by atoms with Gasteiger partial charge >= 0.3 is 0 Å². The van der Waals surface area contributed by atoms with Crippen molar-refractivity contribution >= 4 is 34.7 Å². The minimum absolute atomic E-state index is 0.555. The molecule has 0 spiro atoms. The Labute approximate surface area is 150 Å². The monoisotopic (exact) mass is 356 g/mol. The van der Waals surface area contributed by atoms with Crippen molar-refractivity contribution in [3.8, 4) is 0 Å². The lowest BCUT2D eigenvalue weighted by Crippen LogP contribution is -2.31. The van der Waals surface area contributed by atoms with E-state index in [9.17, 15) is 0 Å². The smallest absolute Gasteiger partial charge is 0.196 e. The van der Waals surface area contributed by atoms with Crippen LogP contribution in [0.2, 0.25) is 5.15 Å². The number of aromatic amines is 1. The lowest BCUT2D eigenvalue weighted by Gasteiger charge is -2.28. The largest absolute Gasteiger partial charge is 0.334 e. The highest BCUT2D eigenvalue weighted by Gasteiger charge is 2.18. The second kappa shape index (κ2) is 6.24. The van der Waals surface area contributed by atoms with E-state index in [0.29, 0.717) is 9.92 Å². The molecule has 6 heteroatoms. The fourth-order valence-corrected chi connectivity index (χ4v) is 3.63. The molecule has 0 fully saturated rings. The summed E-state index contributed by atoms with van der Waals surface area (Å²) in [5.41, 5.74) is 5.59. The van der Waals surface area contributed by atoms with Crippen LogP contribution in [-0.2, 0) is 19.5 Å². The van der Waals surface area contributed by atoms with Crippen LogP contribution in [0.3, 0.4) is 0 Å². The summed E-state index contributed by atoms with van der Waals surface area (Å²) in [6.45, 7) is 4.65. The molecule has 0 saturated carbocycles. The number of benzene rings is 1. The first-order chi connectivity index (χ1) is 11.6. The third-order valence-corrected chi connectivity index (χ3v) is 5.06. The molecule has 1 aliphatic heterocycles. The number of aryl methyl sites for hydroxylation is 1. The van der Waals surface area contributed by atoms with Crippen LogP contribution in [0.5, 0.6) is 0 Å². The van der Waals surface area contributed by atoms with Crippen LogP contribution < -0.4 is 0 Å². The van der Waals surface area contributed by atoms with Crippen molar-refractivity contribution in [3.05, 3.63) is 62.8 Å². The predicted molar refractivity (Wildman–Crippen MR) is 98.7 cm³/mol. The van der Waals surface area contributed by atoms with Gasteiger partial charge in [0.25, 0.3) is 0 Å². The Morgan fingerprint density at radius 2 is 2.25 bits per heavy atom. The highest BCUT2D eigenvalue weighted by atomic mass is 35.5. The van der Waals surface area contributed by atoms with Crippen molar-refractivity contribution in [3.63, 3.8) is 0 Å². The Balaban J connectivity index is 1.62. The van der Waals surface area contributed by atoms with Crippen LogP contribution in [0.4, 0.5) is 0 Å². The van der Waals surface area contributed by atoms with Crippen molar-refractivity contribution in [2.75, 3.05) is 6.54 Å². The summed E-state index contributed by atoms with van der Waals surface area (Å²) in [6.07, 6.45) is 2.82. The van der Waals surface area contributed by atoms with Gasteiger partial charge in [-0.15, -0.1) is 0 Å². The highest BCUT2D eigenvalue weighted by molar-refractivity contribution is 7.71. The van der Waals surface area contributed by atoms with Gasteiger partial charge in [-0.25, -0.2) is 9.97 Å². The second-order valence-electron chi connectivity index (χ2n) is 6.24. The van der Waals surface area contributed by atoms with Crippen molar-refractivity contribution < 1.29 is 0 Å². The van der Waals surface area contributed by atoms with E-state index >= 15 is 0 Å². The number of nitrogens with one attached hydrogen (secondary N) is 1. The maximum Gasteiger partial charge on any atom is 0.196 e. The van der Waals surface area contributed by atoms with Crippen molar-refractivity contribution in [2.45, 2.75) is 26.4 Å². The van der Waals surface area contributed by atoms with E-state index < -0.39 is 0 Å². The average Bonchev–Trinajstić information content (AvgIpc) is 2.57. The van der Waals surface area contributed by atoms with E-state index in [1.807, 2.05) is 6.20 Å². The molecular formula is C18H17ClN4S. The van der Waals surface area contributed by atoms with Crippen LogP contribution in [0.1, 0.15) is 22.4 Å². The van der Waals surface area contributed by atoms with E-state index in [-0.39, 0.29) is 0 Å². The lowest BCUT2D eigenvalue weighted by atomic mass is 10.1. The van der Waals surface area contributed by atoms with Crippen molar-refractivity contribution in [2.24, 2.45) is 0 Å². The van der Waals surface area contributed by atoms with Crippen LogP contribution in [-0.4, -0.2) is 26.4 Å². The summed E-state index contributed by atoms with van der Waals surface area (Å²) in [7, 11) is 0. The van der Waals surface area contributed by atoms with Crippen LogP contribution >= 0.6 is 23.8 Å². The third kappa shape index (κ3) is 2.95. The Kier molecular flexibility index (Phi) is 4.08. The number of pyridine rings is 1. The summed E-state index contributed by atoms with van der Waals surface area (Å²) >= 11 is 11.5.